The number of hydrogen-bond acceptors (Lipinski definition) is 1. The molecular formula is C15H18N2. The van der Waals surface area contributed by atoms with Gasteiger partial charge in [-0.25, -0.2) is 0 Å². The number of fused-ring (bicyclic) bond motifs is 1. The maximum Gasteiger partial charge on any atom is 0.0505 e. The maximum atomic E-state index is 3.62. The van der Waals surface area contributed by atoms with Gasteiger partial charge in [0.05, 0.1) is 6.04 Å². The minimum Gasteiger partial charge on any atom is -0.322 e. The van der Waals surface area contributed by atoms with Gasteiger partial charge in [-0.05, 0) is 49.9 Å². The average molecular weight is 226 g/mol. The van der Waals surface area contributed by atoms with Crippen LogP contribution in [0.15, 0.2) is 36.4 Å². The molecule has 0 unspecified atom stereocenters. The SMILES string of the molecule is Cc1ccc(C)n1NC1Cc2ccccc2C1. The molecule has 2 aromatic rings. The van der Waals surface area contributed by atoms with Crippen LogP contribution in [0, 0.1) is 13.8 Å². The van der Waals surface area contributed by atoms with E-state index >= 15 is 0 Å². The van der Waals surface area contributed by atoms with Crippen LogP contribution >= 0.6 is 0 Å². The highest BCUT2D eigenvalue weighted by Gasteiger charge is 2.21. The second-order valence-corrected chi connectivity index (χ2v) is 4.95. The van der Waals surface area contributed by atoms with E-state index in [1.165, 1.54) is 22.5 Å². The number of rotatable bonds is 2. The van der Waals surface area contributed by atoms with Crippen molar-refractivity contribution in [2.45, 2.75) is 32.7 Å². The summed E-state index contributed by atoms with van der Waals surface area (Å²) in [4.78, 5) is 0. The van der Waals surface area contributed by atoms with E-state index in [1.54, 1.807) is 0 Å². The van der Waals surface area contributed by atoms with Gasteiger partial charge in [0.25, 0.3) is 0 Å². The van der Waals surface area contributed by atoms with E-state index in [0.717, 1.165) is 12.8 Å². The summed E-state index contributed by atoms with van der Waals surface area (Å²) in [7, 11) is 0. The molecule has 0 radical (unpaired) electrons. The summed E-state index contributed by atoms with van der Waals surface area (Å²) in [6.45, 7) is 4.28. The molecule has 0 aliphatic heterocycles. The molecule has 0 amide bonds. The summed E-state index contributed by atoms with van der Waals surface area (Å²) in [5.74, 6) is 0. The molecular weight excluding hydrogens is 208 g/mol. The van der Waals surface area contributed by atoms with Gasteiger partial charge in [-0.1, -0.05) is 24.3 Å². The molecule has 0 fully saturated rings. The van der Waals surface area contributed by atoms with Crippen LogP contribution in [0.2, 0.25) is 0 Å². The third-order valence-corrected chi connectivity index (χ3v) is 3.63. The minimum atomic E-state index is 0.525. The van der Waals surface area contributed by atoms with Gasteiger partial charge in [0.15, 0.2) is 0 Å². The molecule has 1 aromatic carbocycles. The molecule has 2 nitrogen and oxygen atoms in total. The van der Waals surface area contributed by atoms with E-state index in [-0.39, 0.29) is 0 Å². The largest absolute Gasteiger partial charge is 0.322 e. The molecule has 0 saturated carbocycles. The first-order valence-corrected chi connectivity index (χ1v) is 6.22. The summed E-state index contributed by atoms with van der Waals surface area (Å²) in [5.41, 5.74) is 9.16. The normalized spacial score (nSPS) is 14.9. The first-order chi connectivity index (χ1) is 8.24. The van der Waals surface area contributed by atoms with Gasteiger partial charge in [-0.3, -0.25) is 4.68 Å². The Labute approximate surface area is 102 Å². The quantitative estimate of drug-likeness (QED) is 0.833. The van der Waals surface area contributed by atoms with Crippen molar-refractivity contribution in [1.29, 1.82) is 0 Å². The lowest BCUT2D eigenvalue weighted by Crippen LogP contribution is -2.29. The first-order valence-electron chi connectivity index (χ1n) is 6.22. The Bertz CT molecular complexity index is 495. The molecule has 3 rings (SSSR count). The van der Waals surface area contributed by atoms with Crippen molar-refractivity contribution >= 4 is 0 Å². The van der Waals surface area contributed by atoms with Gasteiger partial charge in [-0.15, -0.1) is 0 Å². The molecule has 0 saturated heterocycles. The van der Waals surface area contributed by atoms with E-state index in [1.807, 2.05) is 0 Å². The third kappa shape index (κ3) is 1.84. The fraction of sp³-hybridized carbons (Fsp3) is 0.333. The number of benzene rings is 1. The highest BCUT2D eigenvalue weighted by Crippen LogP contribution is 2.22. The zero-order chi connectivity index (χ0) is 11.8. The molecule has 0 spiro atoms. The van der Waals surface area contributed by atoms with Gasteiger partial charge in [0, 0.05) is 11.4 Å². The topological polar surface area (TPSA) is 17.0 Å². The van der Waals surface area contributed by atoms with Crippen LogP contribution in [0.4, 0.5) is 0 Å². The van der Waals surface area contributed by atoms with Gasteiger partial charge < -0.3 is 5.43 Å². The number of nitrogens with zero attached hydrogens (tertiary/aromatic N) is 1. The molecule has 88 valence electrons. The van der Waals surface area contributed by atoms with E-state index in [9.17, 15) is 0 Å². The molecule has 1 aromatic heterocycles. The van der Waals surface area contributed by atoms with Crippen molar-refractivity contribution < 1.29 is 0 Å². The minimum absolute atomic E-state index is 0.525. The van der Waals surface area contributed by atoms with Crippen molar-refractivity contribution in [3.8, 4) is 0 Å². The highest BCUT2D eigenvalue weighted by atomic mass is 15.4. The molecule has 17 heavy (non-hydrogen) atoms. The monoisotopic (exact) mass is 226 g/mol. The summed E-state index contributed by atoms with van der Waals surface area (Å²) in [5, 5.41) is 0. The van der Waals surface area contributed by atoms with Crippen LogP contribution in [-0.2, 0) is 12.8 Å². The predicted octanol–water partition coefficient (Wildman–Crippen LogP) is 2.82. The second kappa shape index (κ2) is 3.95. The van der Waals surface area contributed by atoms with Crippen molar-refractivity contribution in [2.75, 3.05) is 5.43 Å². The van der Waals surface area contributed by atoms with E-state index in [4.69, 9.17) is 0 Å². The highest BCUT2D eigenvalue weighted by molar-refractivity contribution is 5.34. The van der Waals surface area contributed by atoms with Gasteiger partial charge in [-0.2, -0.15) is 0 Å². The van der Waals surface area contributed by atoms with Gasteiger partial charge in [0.2, 0.25) is 0 Å². The van der Waals surface area contributed by atoms with E-state index in [0.29, 0.717) is 6.04 Å². The van der Waals surface area contributed by atoms with Crippen molar-refractivity contribution in [1.82, 2.24) is 4.68 Å². The van der Waals surface area contributed by atoms with Crippen molar-refractivity contribution in [3.05, 3.63) is 58.9 Å². The van der Waals surface area contributed by atoms with Gasteiger partial charge >= 0.3 is 0 Å². The Hall–Kier alpha value is -1.70. The standard InChI is InChI=1S/C15H18N2/c1-11-7-8-12(2)17(11)16-15-9-13-5-3-4-6-14(13)10-15/h3-8,15-16H,9-10H2,1-2H3. The number of nitrogens with one attached hydrogen (secondary N) is 1. The van der Waals surface area contributed by atoms with Crippen LogP contribution in [0.1, 0.15) is 22.5 Å². The van der Waals surface area contributed by atoms with E-state index in [2.05, 4.69) is 60.3 Å². The van der Waals surface area contributed by atoms with Crippen molar-refractivity contribution in [2.24, 2.45) is 0 Å². The first kappa shape index (κ1) is 10.5. The number of aryl methyl sites for hydroxylation is 2. The summed E-state index contributed by atoms with van der Waals surface area (Å²) in [6, 6.07) is 13.6. The molecule has 0 atom stereocenters. The Morgan fingerprint density at radius 3 is 2.00 bits per heavy atom. The maximum absolute atomic E-state index is 3.62. The Morgan fingerprint density at radius 1 is 0.941 bits per heavy atom. The average Bonchev–Trinajstić information content (AvgIpc) is 2.87. The van der Waals surface area contributed by atoms with Crippen LogP contribution in [-0.4, -0.2) is 10.7 Å². The van der Waals surface area contributed by atoms with E-state index < -0.39 is 0 Å². The third-order valence-electron chi connectivity index (χ3n) is 3.63. The Balaban J connectivity index is 1.78. The zero-order valence-corrected chi connectivity index (χ0v) is 10.4. The lowest BCUT2D eigenvalue weighted by molar-refractivity contribution is 0.650. The molecule has 1 aliphatic carbocycles. The Morgan fingerprint density at radius 2 is 1.47 bits per heavy atom. The lowest BCUT2D eigenvalue weighted by atomic mass is 10.1. The smallest absolute Gasteiger partial charge is 0.0505 e. The van der Waals surface area contributed by atoms with Gasteiger partial charge in [0.1, 0.15) is 0 Å². The van der Waals surface area contributed by atoms with Crippen LogP contribution in [0.25, 0.3) is 0 Å². The van der Waals surface area contributed by atoms with Crippen molar-refractivity contribution in [3.63, 3.8) is 0 Å². The number of hydrogen-bond donors (Lipinski definition) is 1. The fourth-order valence-electron chi connectivity index (χ4n) is 2.70. The fourth-order valence-corrected chi connectivity index (χ4v) is 2.70. The predicted molar refractivity (Wildman–Crippen MR) is 70.9 cm³/mol. The lowest BCUT2D eigenvalue weighted by Gasteiger charge is -2.18. The molecule has 1 aliphatic rings. The molecule has 1 heterocycles. The molecule has 1 N–H and O–H groups in total. The molecule has 2 heteroatoms. The summed E-state index contributed by atoms with van der Waals surface area (Å²) >= 11 is 0. The zero-order valence-electron chi connectivity index (χ0n) is 10.4. The van der Waals surface area contributed by atoms with Crippen LogP contribution < -0.4 is 5.43 Å². The molecule has 0 bridgehead atoms. The summed E-state index contributed by atoms with van der Waals surface area (Å²) < 4.78 is 2.20. The van der Waals surface area contributed by atoms with Crippen LogP contribution in [0.3, 0.4) is 0 Å². The van der Waals surface area contributed by atoms with Crippen LogP contribution in [0.5, 0.6) is 0 Å². The number of aromatic nitrogens is 1. The Kier molecular flexibility index (Phi) is 2.43. The summed E-state index contributed by atoms with van der Waals surface area (Å²) in [6.07, 6.45) is 2.26. The second-order valence-electron chi connectivity index (χ2n) is 4.95.